The molecule has 2 bridgehead atoms. The van der Waals surface area contributed by atoms with Crippen molar-refractivity contribution in [2.75, 3.05) is 13.2 Å². The Labute approximate surface area is 188 Å². The fraction of sp³-hybridized carbons (Fsp3) is 0.462. The van der Waals surface area contributed by atoms with Crippen LogP contribution in [0, 0.1) is 5.92 Å². The third kappa shape index (κ3) is 4.43. The highest BCUT2D eigenvalue weighted by atomic mass is 16.7. The fourth-order valence-corrected chi connectivity index (χ4v) is 5.28. The molecule has 0 N–H and O–H groups in total. The third-order valence-electron chi connectivity index (χ3n) is 6.85. The van der Waals surface area contributed by atoms with Gasteiger partial charge in [0.2, 0.25) is 0 Å². The Bertz CT molecular complexity index is 924. The van der Waals surface area contributed by atoms with E-state index in [0.29, 0.717) is 26.1 Å². The first-order chi connectivity index (χ1) is 15.7. The summed E-state index contributed by atoms with van der Waals surface area (Å²) in [4.78, 5) is 28.1. The summed E-state index contributed by atoms with van der Waals surface area (Å²) >= 11 is 0. The molecule has 32 heavy (non-hydrogen) atoms. The van der Waals surface area contributed by atoms with Crippen molar-refractivity contribution in [3.8, 4) is 0 Å². The average Bonchev–Trinajstić information content (AvgIpc) is 3.37. The molecule has 3 fully saturated rings. The molecule has 3 saturated heterocycles. The Morgan fingerprint density at radius 1 is 0.906 bits per heavy atom. The highest BCUT2D eigenvalue weighted by Crippen LogP contribution is 2.39. The summed E-state index contributed by atoms with van der Waals surface area (Å²) in [6.07, 6.45) is 3.76. The number of ketones is 1. The molecule has 5 rings (SSSR count). The van der Waals surface area contributed by atoms with E-state index in [-0.39, 0.29) is 42.8 Å². The van der Waals surface area contributed by atoms with Crippen LogP contribution < -0.4 is 0 Å². The van der Waals surface area contributed by atoms with Gasteiger partial charge >= 0.3 is 6.09 Å². The number of hydrogen-bond donors (Lipinski definition) is 0. The van der Waals surface area contributed by atoms with Gasteiger partial charge in [0.15, 0.2) is 12.1 Å². The van der Waals surface area contributed by atoms with E-state index in [4.69, 9.17) is 14.2 Å². The minimum absolute atomic E-state index is 0.0618. The lowest BCUT2D eigenvalue weighted by Crippen LogP contribution is -2.55. The van der Waals surface area contributed by atoms with Gasteiger partial charge in [0.05, 0.1) is 13.2 Å². The number of piperidine rings is 2. The molecule has 0 radical (unpaired) electrons. The topological polar surface area (TPSA) is 65.1 Å². The highest BCUT2D eigenvalue weighted by molar-refractivity contribution is 5.98. The van der Waals surface area contributed by atoms with Crippen LogP contribution in [0.5, 0.6) is 0 Å². The third-order valence-corrected chi connectivity index (χ3v) is 6.85. The second-order valence-corrected chi connectivity index (χ2v) is 8.91. The molecule has 3 aliphatic rings. The number of carbonyl (C=O) groups is 2. The van der Waals surface area contributed by atoms with Crippen molar-refractivity contribution in [2.24, 2.45) is 5.92 Å². The van der Waals surface area contributed by atoms with Crippen molar-refractivity contribution < 1.29 is 23.8 Å². The molecular formula is C26H29NO5. The van der Waals surface area contributed by atoms with Crippen LogP contribution in [0.1, 0.15) is 59.9 Å². The highest BCUT2D eigenvalue weighted by Gasteiger charge is 2.43. The number of carbonyl (C=O) groups excluding carboxylic acids is 2. The second kappa shape index (κ2) is 9.43. The van der Waals surface area contributed by atoms with E-state index in [1.54, 1.807) is 0 Å². The van der Waals surface area contributed by atoms with E-state index >= 15 is 0 Å². The molecule has 2 aromatic rings. The first-order valence-electron chi connectivity index (χ1n) is 11.6. The summed E-state index contributed by atoms with van der Waals surface area (Å²) in [6.45, 7) is 1.47. The quantitative estimate of drug-likeness (QED) is 0.626. The number of benzene rings is 2. The van der Waals surface area contributed by atoms with E-state index in [0.717, 1.165) is 36.0 Å². The maximum Gasteiger partial charge on any atom is 0.410 e. The van der Waals surface area contributed by atoms with Gasteiger partial charge in [0.1, 0.15) is 6.61 Å². The lowest BCUT2D eigenvalue weighted by Gasteiger charge is -2.47. The van der Waals surface area contributed by atoms with Crippen molar-refractivity contribution in [1.82, 2.24) is 4.90 Å². The van der Waals surface area contributed by atoms with Gasteiger partial charge in [-0.05, 0) is 37.7 Å². The van der Waals surface area contributed by atoms with Crippen LogP contribution in [0.2, 0.25) is 0 Å². The zero-order valence-corrected chi connectivity index (χ0v) is 18.2. The standard InChI is InChI=1S/C26H29NO5/c28-24(19-9-11-20(12-10-19)25-30-13-14-31-25)21-15-22-7-4-8-23(16-21)27(22)26(29)32-17-18-5-2-1-3-6-18/h1-3,5-6,9-12,21-23,25H,4,7-8,13-17H2. The van der Waals surface area contributed by atoms with Gasteiger partial charge in [-0.2, -0.15) is 0 Å². The number of ether oxygens (including phenoxy) is 3. The minimum atomic E-state index is -0.330. The number of nitrogens with zero attached hydrogens (tertiary/aromatic N) is 1. The lowest BCUT2D eigenvalue weighted by atomic mass is 9.76. The molecule has 168 valence electrons. The molecule has 2 unspecified atom stereocenters. The number of amides is 1. The van der Waals surface area contributed by atoms with Crippen molar-refractivity contribution >= 4 is 11.9 Å². The summed E-state index contributed by atoms with van der Waals surface area (Å²) in [5.41, 5.74) is 2.63. The molecule has 2 aromatic carbocycles. The summed E-state index contributed by atoms with van der Waals surface area (Å²) in [5, 5.41) is 0. The Hall–Kier alpha value is -2.70. The van der Waals surface area contributed by atoms with Crippen molar-refractivity contribution in [3.63, 3.8) is 0 Å². The zero-order chi connectivity index (χ0) is 21.9. The van der Waals surface area contributed by atoms with Crippen molar-refractivity contribution in [1.29, 1.82) is 0 Å². The minimum Gasteiger partial charge on any atom is -0.445 e. The Balaban J connectivity index is 1.22. The summed E-state index contributed by atoms with van der Waals surface area (Å²) in [6, 6.07) is 17.5. The van der Waals surface area contributed by atoms with Gasteiger partial charge in [-0.25, -0.2) is 4.79 Å². The molecule has 6 nitrogen and oxygen atoms in total. The van der Waals surface area contributed by atoms with Crippen molar-refractivity contribution in [2.45, 2.75) is 57.1 Å². The van der Waals surface area contributed by atoms with Crippen molar-refractivity contribution in [3.05, 3.63) is 71.3 Å². The first-order valence-corrected chi connectivity index (χ1v) is 11.6. The normalized spacial score (nSPS) is 25.5. The smallest absolute Gasteiger partial charge is 0.410 e. The molecule has 0 aromatic heterocycles. The van der Waals surface area contributed by atoms with Crippen LogP contribution in [0.4, 0.5) is 4.79 Å². The molecule has 6 heteroatoms. The SMILES string of the molecule is O=C(c1ccc(C2OCCO2)cc1)C1CC2CCCC(C1)N2C(=O)OCc1ccccc1. The number of rotatable bonds is 5. The van der Waals surface area contributed by atoms with E-state index in [1.807, 2.05) is 59.5 Å². The molecule has 1 amide bonds. The van der Waals surface area contributed by atoms with Crippen LogP contribution in [-0.2, 0) is 20.8 Å². The summed E-state index contributed by atoms with van der Waals surface area (Å²) in [5.74, 6) is 0.104. The Morgan fingerprint density at radius 3 is 2.22 bits per heavy atom. The Kier molecular flexibility index (Phi) is 6.23. The summed E-state index contributed by atoms with van der Waals surface area (Å²) < 4.78 is 16.7. The predicted octanol–water partition coefficient (Wildman–Crippen LogP) is 4.88. The van der Waals surface area contributed by atoms with Gasteiger partial charge in [-0.1, -0.05) is 54.6 Å². The number of fused-ring (bicyclic) bond motifs is 2. The second-order valence-electron chi connectivity index (χ2n) is 8.91. The van der Waals surface area contributed by atoms with Gasteiger partial charge < -0.3 is 19.1 Å². The van der Waals surface area contributed by atoms with Gasteiger partial charge in [0, 0.05) is 29.1 Å². The number of Topliss-reactive ketones (excluding diaryl/α,β-unsaturated/α-hetero) is 1. The van der Waals surface area contributed by atoms with Crippen LogP contribution in [0.3, 0.4) is 0 Å². The first kappa shape index (κ1) is 21.2. The molecule has 0 aliphatic carbocycles. The summed E-state index contributed by atoms with van der Waals surface area (Å²) in [7, 11) is 0. The van der Waals surface area contributed by atoms with Gasteiger partial charge in [-0.15, -0.1) is 0 Å². The molecule has 0 spiro atoms. The van der Waals surface area contributed by atoms with Gasteiger partial charge in [-0.3, -0.25) is 4.79 Å². The zero-order valence-electron chi connectivity index (χ0n) is 18.2. The predicted molar refractivity (Wildman–Crippen MR) is 118 cm³/mol. The maximum absolute atomic E-state index is 13.3. The molecule has 2 atom stereocenters. The fourth-order valence-electron chi connectivity index (χ4n) is 5.28. The molecular weight excluding hydrogens is 406 g/mol. The molecule has 3 heterocycles. The van der Waals surface area contributed by atoms with Gasteiger partial charge in [0.25, 0.3) is 0 Å². The van der Waals surface area contributed by atoms with E-state index < -0.39 is 0 Å². The molecule has 0 saturated carbocycles. The molecule has 3 aliphatic heterocycles. The van der Waals surface area contributed by atoms with E-state index in [9.17, 15) is 9.59 Å². The lowest BCUT2D eigenvalue weighted by molar-refractivity contribution is -0.0441. The average molecular weight is 436 g/mol. The van der Waals surface area contributed by atoms with E-state index in [2.05, 4.69) is 0 Å². The van der Waals surface area contributed by atoms with Crippen LogP contribution in [0.15, 0.2) is 54.6 Å². The van der Waals surface area contributed by atoms with Crippen LogP contribution in [-0.4, -0.2) is 42.1 Å². The van der Waals surface area contributed by atoms with E-state index in [1.165, 1.54) is 0 Å². The van der Waals surface area contributed by atoms with Crippen LogP contribution in [0.25, 0.3) is 0 Å². The van der Waals surface area contributed by atoms with Crippen LogP contribution >= 0.6 is 0 Å². The largest absolute Gasteiger partial charge is 0.445 e. The maximum atomic E-state index is 13.3. The Morgan fingerprint density at radius 2 is 1.56 bits per heavy atom. The monoisotopic (exact) mass is 435 g/mol. The number of hydrogen-bond acceptors (Lipinski definition) is 5.